The maximum Gasteiger partial charge on any atom is 0.191 e. The first-order valence-electron chi connectivity index (χ1n) is 9.89. The maximum absolute atomic E-state index is 14.2. The minimum absolute atomic E-state index is 0. The van der Waals surface area contributed by atoms with E-state index in [0.717, 1.165) is 37.5 Å². The van der Waals surface area contributed by atoms with Crippen molar-refractivity contribution >= 4 is 35.6 Å². The maximum atomic E-state index is 14.2. The van der Waals surface area contributed by atoms with Crippen LogP contribution in [0.2, 0.25) is 0 Å². The second-order valence-corrected chi connectivity index (χ2v) is 7.58. The Labute approximate surface area is 189 Å². The summed E-state index contributed by atoms with van der Waals surface area (Å²) in [6, 6.07) is 15.7. The molecule has 0 amide bonds. The topological polar surface area (TPSA) is 39.7 Å². The molecule has 1 aliphatic carbocycles. The van der Waals surface area contributed by atoms with Crippen molar-refractivity contribution in [3.05, 3.63) is 77.6 Å². The molecule has 0 radical (unpaired) electrons. The summed E-state index contributed by atoms with van der Waals surface area (Å²) >= 11 is 0. The summed E-state index contributed by atoms with van der Waals surface area (Å²) < 4.78 is 14.2. The van der Waals surface area contributed by atoms with Crippen LogP contribution in [0.1, 0.15) is 24.0 Å². The number of nitrogens with one attached hydrogen (secondary N) is 2. The number of hydrogen-bond acceptors (Lipinski definition) is 2. The van der Waals surface area contributed by atoms with Gasteiger partial charge in [0.1, 0.15) is 5.82 Å². The van der Waals surface area contributed by atoms with Crippen molar-refractivity contribution in [2.45, 2.75) is 24.8 Å². The third kappa shape index (κ3) is 5.10. The van der Waals surface area contributed by atoms with Gasteiger partial charge in [-0.3, -0.25) is 4.99 Å². The van der Waals surface area contributed by atoms with Crippen molar-refractivity contribution in [1.29, 1.82) is 0 Å². The number of rotatable bonds is 6. The highest BCUT2D eigenvalue weighted by Crippen LogP contribution is 2.48. The van der Waals surface area contributed by atoms with Gasteiger partial charge in [-0.2, -0.15) is 0 Å². The van der Waals surface area contributed by atoms with Gasteiger partial charge in [-0.05, 0) is 42.2 Å². The molecule has 1 aliphatic heterocycles. The zero-order valence-electron chi connectivity index (χ0n) is 16.7. The Hall–Kier alpha value is -2.09. The van der Waals surface area contributed by atoms with Crippen LogP contribution in [0, 0.1) is 5.82 Å². The van der Waals surface area contributed by atoms with E-state index in [9.17, 15) is 4.39 Å². The highest BCUT2D eigenvalue weighted by molar-refractivity contribution is 14.0. The van der Waals surface area contributed by atoms with Gasteiger partial charge in [-0.25, -0.2) is 4.39 Å². The standard InChI is InChI=1S/C23H27FN4.HI/c1-25-22(27-17-23(12-13-23)20-6-2-3-7-21(20)24)26-16-18-8-10-19(11-9-18)28-14-4-5-15-28;/h2-11H,12-17H2,1H3,(H2,25,26,27);1H. The fraction of sp³-hybridized carbons (Fsp3) is 0.348. The largest absolute Gasteiger partial charge is 0.364 e. The monoisotopic (exact) mass is 506 g/mol. The molecule has 1 fully saturated rings. The summed E-state index contributed by atoms with van der Waals surface area (Å²) in [5.41, 5.74) is 3.16. The van der Waals surface area contributed by atoms with Crippen molar-refractivity contribution in [3.63, 3.8) is 0 Å². The lowest BCUT2D eigenvalue weighted by molar-refractivity contribution is 0.559. The molecule has 0 saturated heterocycles. The SMILES string of the molecule is CN=C(NCc1ccc(N2CC=CC2)cc1)NCC1(c2ccccc2F)CC1.I. The minimum atomic E-state index is -0.113. The fourth-order valence-corrected chi connectivity index (χ4v) is 3.76. The summed E-state index contributed by atoms with van der Waals surface area (Å²) in [5.74, 6) is 0.633. The van der Waals surface area contributed by atoms with Gasteiger partial charge in [0, 0.05) is 44.3 Å². The molecule has 0 unspecified atom stereocenters. The van der Waals surface area contributed by atoms with E-state index in [-0.39, 0.29) is 35.2 Å². The van der Waals surface area contributed by atoms with E-state index in [0.29, 0.717) is 13.1 Å². The summed E-state index contributed by atoms with van der Waals surface area (Å²) in [6.07, 6.45) is 6.40. The molecule has 0 spiro atoms. The van der Waals surface area contributed by atoms with E-state index in [1.165, 1.54) is 11.3 Å². The van der Waals surface area contributed by atoms with Gasteiger partial charge < -0.3 is 15.5 Å². The van der Waals surface area contributed by atoms with E-state index < -0.39 is 0 Å². The number of guanidine groups is 1. The Morgan fingerprint density at radius 2 is 1.72 bits per heavy atom. The molecular weight excluding hydrogens is 478 g/mol. The molecule has 0 aromatic heterocycles. The Bertz CT molecular complexity index is 867. The molecule has 2 aliphatic rings. The van der Waals surface area contributed by atoms with Gasteiger partial charge in [0.25, 0.3) is 0 Å². The molecule has 4 nitrogen and oxygen atoms in total. The first-order valence-corrected chi connectivity index (χ1v) is 9.89. The summed E-state index contributed by atoms with van der Waals surface area (Å²) in [5, 5.41) is 6.74. The van der Waals surface area contributed by atoms with Gasteiger partial charge in [0.05, 0.1) is 0 Å². The molecule has 0 atom stereocenters. The first-order chi connectivity index (χ1) is 13.7. The van der Waals surface area contributed by atoms with E-state index in [1.807, 2.05) is 12.1 Å². The Morgan fingerprint density at radius 1 is 1.03 bits per heavy atom. The molecule has 6 heteroatoms. The lowest BCUT2D eigenvalue weighted by atomic mass is 9.95. The number of nitrogens with zero attached hydrogens (tertiary/aromatic N) is 2. The normalized spacial score (nSPS) is 17.0. The zero-order chi connectivity index (χ0) is 19.4. The number of halogens is 2. The van der Waals surface area contributed by atoms with E-state index in [1.54, 1.807) is 19.2 Å². The van der Waals surface area contributed by atoms with E-state index in [2.05, 4.69) is 56.9 Å². The fourth-order valence-electron chi connectivity index (χ4n) is 3.76. The predicted molar refractivity (Wildman–Crippen MR) is 129 cm³/mol. The first kappa shape index (κ1) is 21.6. The average Bonchev–Trinajstić information content (AvgIpc) is 3.31. The lowest BCUT2D eigenvalue weighted by Gasteiger charge is -2.20. The van der Waals surface area contributed by atoms with Gasteiger partial charge >= 0.3 is 0 Å². The van der Waals surface area contributed by atoms with Crippen molar-refractivity contribution in [3.8, 4) is 0 Å². The van der Waals surface area contributed by atoms with Gasteiger partial charge in [-0.15, -0.1) is 24.0 Å². The molecule has 2 aromatic carbocycles. The quantitative estimate of drug-likeness (QED) is 0.267. The van der Waals surface area contributed by atoms with Crippen LogP contribution in [0.3, 0.4) is 0 Å². The highest BCUT2D eigenvalue weighted by atomic mass is 127. The molecule has 29 heavy (non-hydrogen) atoms. The van der Waals surface area contributed by atoms with Crippen molar-refractivity contribution in [1.82, 2.24) is 10.6 Å². The molecule has 1 heterocycles. The summed E-state index contributed by atoms with van der Waals surface area (Å²) in [4.78, 5) is 6.64. The van der Waals surface area contributed by atoms with Crippen LogP contribution in [0.5, 0.6) is 0 Å². The molecule has 2 N–H and O–H groups in total. The Balaban J connectivity index is 0.00000240. The minimum Gasteiger partial charge on any atom is -0.364 e. The molecule has 4 rings (SSSR count). The van der Waals surface area contributed by atoms with Crippen molar-refractivity contribution in [2.24, 2.45) is 4.99 Å². The highest BCUT2D eigenvalue weighted by Gasteiger charge is 2.45. The summed E-state index contributed by atoms with van der Waals surface area (Å²) in [6.45, 7) is 3.36. The second kappa shape index (κ2) is 9.61. The van der Waals surface area contributed by atoms with Crippen LogP contribution in [0.4, 0.5) is 10.1 Å². The van der Waals surface area contributed by atoms with Crippen LogP contribution in [0.25, 0.3) is 0 Å². The molecule has 0 bridgehead atoms. The van der Waals surface area contributed by atoms with Gasteiger partial charge in [0.2, 0.25) is 0 Å². The molecule has 154 valence electrons. The molecule has 1 saturated carbocycles. The smallest absolute Gasteiger partial charge is 0.191 e. The third-order valence-electron chi connectivity index (χ3n) is 5.70. The number of anilines is 1. The van der Waals surface area contributed by atoms with Gasteiger partial charge in [0.15, 0.2) is 5.96 Å². The molecular formula is C23H28FIN4. The van der Waals surface area contributed by atoms with E-state index >= 15 is 0 Å². The average molecular weight is 506 g/mol. The van der Waals surface area contributed by atoms with Crippen LogP contribution in [-0.4, -0.2) is 32.6 Å². The Morgan fingerprint density at radius 3 is 2.34 bits per heavy atom. The van der Waals surface area contributed by atoms with Crippen LogP contribution in [0.15, 0.2) is 65.7 Å². The van der Waals surface area contributed by atoms with Gasteiger partial charge in [-0.1, -0.05) is 42.5 Å². The number of aliphatic imine (C=N–C) groups is 1. The zero-order valence-corrected chi connectivity index (χ0v) is 19.0. The van der Waals surface area contributed by atoms with Crippen molar-refractivity contribution in [2.75, 3.05) is 31.6 Å². The lowest BCUT2D eigenvalue weighted by Crippen LogP contribution is -2.41. The summed E-state index contributed by atoms with van der Waals surface area (Å²) in [7, 11) is 1.77. The van der Waals surface area contributed by atoms with Crippen molar-refractivity contribution < 1.29 is 4.39 Å². The molecule has 2 aromatic rings. The van der Waals surface area contributed by atoms with Crippen LogP contribution >= 0.6 is 24.0 Å². The third-order valence-corrected chi connectivity index (χ3v) is 5.70. The van der Waals surface area contributed by atoms with E-state index in [4.69, 9.17) is 0 Å². The van der Waals surface area contributed by atoms with Crippen LogP contribution < -0.4 is 15.5 Å². The Kier molecular flexibility index (Phi) is 7.16. The number of benzene rings is 2. The van der Waals surface area contributed by atoms with Crippen LogP contribution in [-0.2, 0) is 12.0 Å². The number of hydrogen-bond donors (Lipinski definition) is 2. The predicted octanol–water partition coefficient (Wildman–Crippen LogP) is 4.22. The second-order valence-electron chi connectivity index (χ2n) is 7.58.